The predicted molar refractivity (Wildman–Crippen MR) is 55.7 cm³/mol. The molecule has 1 aromatic rings. The molecule has 0 spiro atoms. The fraction of sp³-hybridized carbons (Fsp3) is 0.222. The fourth-order valence-electron chi connectivity index (χ4n) is 0.886. The lowest BCUT2D eigenvalue weighted by atomic mass is 10.3. The lowest BCUT2D eigenvalue weighted by Gasteiger charge is -1.96. The first kappa shape index (κ1) is 11.5. The van der Waals surface area contributed by atoms with Gasteiger partial charge < -0.3 is 14.4 Å². The number of nitrogens with one attached hydrogen (secondary N) is 1. The number of para-hydroxylation sites is 1. The van der Waals surface area contributed by atoms with Gasteiger partial charge in [-0.15, -0.1) is 0 Å². The van der Waals surface area contributed by atoms with E-state index in [-0.39, 0.29) is 0 Å². The van der Waals surface area contributed by atoms with E-state index in [0.717, 1.165) is 13.2 Å². The molecule has 6 heteroatoms. The molecule has 0 atom stereocenters. The number of carbonyl (C=O) groups is 1. The summed E-state index contributed by atoms with van der Waals surface area (Å²) in [5.41, 5.74) is 0.593. The van der Waals surface area contributed by atoms with Crippen LogP contribution >= 0.6 is 0 Å². The third-order valence-electron chi connectivity index (χ3n) is 1.48. The Kier molecular flexibility index (Phi) is 5.28. The Balaban J connectivity index is 0.000000187. The highest BCUT2D eigenvalue weighted by atomic mass is 16.6. The molecule has 0 aliphatic carbocycles. The minimum absolute atomic E-state index is 0.593. The molecule has 2 rings (SSSR count). The SMILES string of the molecule is O=C(O)Nc1ccccc1.[B]1OCCO1. The third kappa shape index (κ3) is 5.72. The molecule has 0 aromatic heterocycles. The topological polar surface area (TPSA) is 67.8 Å². The van der Waals surface area contributed by atoms with E-state index in [9.17, 15) is 4.79 Å². The van der Waals surface area contributed by atoms with Crippen molar-refractivity contribution in [2.75, 3.05) is 18.5 Å². The van der Waals surface area contributed by atoms with Crippen LogP contribution in [-0.4, -0.2) is 32.1 Å². The molecule has 1 aromatic carbocycles. The van der Waals surface area contributed by atoms with E-state index >= 15 is 0 Å². The molecule has 1 fully saturated rings. The van der Waals surface area contributed by atoms with Crippen LogP contribution in [0.4, 0.5) is 10.5 Å². The zero-order valence-corrected chi connectivity index (χ0v) is 8.05. The van der Waals surface area contributed by atoms with Crippen LogP contribution < -0.4 is 5.32 Å². The lowest BCUT2D eigenvalue weighted by molar-refractivity contribution is 0.210. The summed E-state index contributed by atoms with van der Waals surface area (Å²) >= 11 is 0. The van der Waals surface area contributed by atoms with Crippen molar-refractivity contribution >= 4 is 19.5 Å². The highest BCUT2D eigenvalue weighted by Crippen LogP contribution is 2.03. The first-order valence-electron chi connectivity index (χ1n) is 4.39. The zero-order valence-electron chi connectivity index (χ0n) is 8.05. The van der Waals surface area contributed by atoms with Crippen molar-refractivity contribution < 1.29 is 19.2 Å². The van der Waals surface area contributed by atoms with E-state index in [1.165, 1.54) is 7.69 Å². The predicted octanol–water partition coefficient (Wildman–Crippen LogP) is 1.34. The van der Waals surface area contributed by atoms with Gasteiger partial charge >= 0.3 is 13.8 Å². The molecule has 1 radical (unpaired) electrons. The van der Waals surface area contributed by atoms with Crippen LogP contribution in [0.3, 0.4) is 0 Å². The van der Waals surface area contributed by atoms with Crippen molar-refractivity contribution in [1.82, 2.24) is 0 Å². The van der Waals surface area contributed by atoms with Gasteiger partial charge in [0.05, 0.1) is 13.2 Å². The Morgan fingerprint density at radius 2 is 1.87 bits per heavy atom. The maximum Gasteiger partial charge on any atom is 0.488 e. The maximum atomic E-state index is 10.1. The highest BCUT2D eigenvalue weighted by Gasteiger charge is 1.99. The van der Waals surface area contributed by atoms with Crippen LogP contribution in [-0.2, 0) is 9.31 Å². The Hall–Kier alpha value is -1.53. The van der Waals surface area contributed by atoms with E-state index in [1.54, 1.807) is 24.3 Å². The van der Waals surface area contributed by atoms with E-state index < -0.39 is 6.09 Å². The third-order valence-corrected chi connectivity index (χ3v) is 1.48. The molecule has 15 heavy (non-hydrogen) atoms. The minimum atomic E-state index is -1.04. The second-order valence-electron chi connectivity index (χ2n) is 2.63. The number of amides is 1. The maximum absolute atomic E-state index is 10.1. The van der Waals surface area contributed by atoms with Crippen LogP contribution in [0.1, 0.15) is 0 Å². The van der Waals surface area contributed by atoms with Gasteiger partial charge in [0.25, 0.3) is 0 Å². The number of benzene rings is 1. The Morgan fingerprint density at radius 1 is 1.27 bits per heavy atom. The standard InChI is InChI=1S/C7H7NO2.C2H4BO2/c9-7(10)8-6-4-2-1-3-5-6;1-2-5-3-4-1/h1-5,8H,(H,9,10);1-2H2. The summed E-state index contributed by atoms with van der Waals surface area (Å²) in [7, 11) is 1.36. The van der Waals surface area contributed by atoms with Crippen LogP contribution in [0.25, 0.3) is 0 Å². The Labute approximate surface area is 88.3 Å². The smallest absolute Gasteiger partial charge is 0.465 e. The van der Waals surface area contributed by atoms with Gasteiger partial charge in [-0.05, 0) is 12.1 Å². The van der Waals surface area contributed by atoms with Gasteiger partial charge in [0.15, 0.2) is 0 Å². The number of anilines is 1. The molecule has 0 unspecified atom stereocenters. The largest absolute Gasteiger partial charge is 0.488 e. The molecule has 2 N–H and O–H groups in total. The second-order valence-corrected chi connectivity index (χ2v) is 2.63. The molecule has 1 aliphatic heterocycles. The van der Waals surface area contributed by atoms with Crippen molar-refractivity contribution in [3.8, 4) is 0 Å². The first-order chi connectivity index (χ1) is 7.29. The van der Waals surface area contributed by atoms with E-state index in [2.05, 4.69) is 14.6 Å². The average Bonchev–Trinajstić information content (AvgIpc) is 2.76. The van der Waals surface area contributed by atoms with Crippen molar-refractivity contribution in [2.24, 2.45) is 0 Å². The van der Waals surface area contributed by atoms with Gasteiger partial charge in [0.2, 0.25) is 0 Å². The molecule has 1 saturated heterocycles. The zero-order chi connectivity index (χ0) is 10.9. The molecule has 79 valence electrons. The number of rotatable bonds is 1. The molecular weight excluding hydrogens is 197 g/mol. The minimum Gasteiger partial charge on any atom is -0.465 e. The van der Waals surface area contributed by atoms with Gasteiger partial charge in [-0.1, -0.05) is 18.2 Å². The number of hydrogen-bond donors (Lipinski definition) is 2. The molecule has 1 amide bonds. The first-order valence-corrected chi connectivity index (χ1v) is 4.39. The normalized spacial score (nSPS) is 13.3. The lowest BCUT2D eigenvalue weighted by Crippen LogP contribution is -2.06. The molecule has 1 aliphatic rings. The van der Waals surface area contributed by atoms with Crippen molar-refractivity contribution in [3.63, 3.8) is 0 Å². The quantitative estimate of drug-likeness (QED) is 0.683. The average molecular weight is 208 g/mol. The van der Waals surface area contributed by atoms with Crippen molar-refractivity contribution in [3.05, 3.63) is 30.3 Å². The van der Waals surface area contributed by atoms with E-state index in [1.807, 2.05) is 6.07 Å². The highest BCUT2D eigenvalue weighted by molar-refractivity contribution is 6.18. The Morgan fingerprint density at radius 3 is 2.27 bits per heavy atom. The van der Waals surface area contributed by atoms with Crippen LogP contribution in [0.2, 0.25) is 0 Å². The number of carboxylic acid groups (broad SMARTS) is 1. The fourth-order valence-corrected chi connectivity index (χ4v) is 0.886. The van der Waals surface area contributed by atoms with Gasteiger partial charge in [-0.25, -0.2) is 4.79 Å². The summed E-state index contributed by atoms with van der Waals surface area (Å²) in [6.45, 7) is 1.44. The summed E-state index contributed by atoms with van der Waals surface area (Å²) in [5.74, 6) is 0. The van der Waals surface area contributed by atoms with E-state index in [0.29, 0.717) is 5.69 Å². The van der Waals surface area contributed by atoms with Crippen LogP contribution in [0.15, 0.2) is 30.3 Å². The van der Waals surface area contributed by atoms with Gasteiger partial charge in [0.1, 0.15) is 0 Å². The summed E-state index contributed by atoms with van der Waals surface area (Å²) < 4.78 is 9.19. The van der Waals surface area contributed by atoms with Crippen LogP contribution in [0.5, 0.6) is 0 Å². The van der Waals surface area contributed by atoms with Crippen molar-refractivity contribution in [1.29, 1.82) is 0 Å². The molecule has 5 nitrogen and oxygen atoms in total. The van der Waals surface area contributed by atoms with Crippen LogP contribution in [0, 0.1) is 0 Å². The van der Waals surface area contributed by atoms with Crippen molar-refractivity contribution in [2.45, 2.75) is 0 Å². The summed E-state index contributed by atoms with van der Waals surface area (Å²) in [5, 5.41) is 10.5. The molecular formula is C9H11BNO4. The molecule has 0 saturated carbocycles. The van der Waals surface area contributed by atoms with Gasteiger partial charge in [-0.2, -0.15) is 0 Å². The van der Waals surface area contributed by atoms with Gasteiger partial charge in [-0.3, -0.25) is 5.32 Å². The summed E-state index contributed by atoms with van der Waals surface area (Å²) in [4.78, 5) is 10.1. The summed E-state index contributed by atoms with van der Waals surface area (Å²) in [6, 6.07) is 8.74. The number of hydrogen-bond acceptors (Lipinski definition) is 3. The second kappa shape index (κ2) is 6.86. The summed E-state index contributed by atoms with van der Waals surface area (Å²) in [6.07, 6.45) is -1.04. The van der Waals surface area contributed by atoms with Gasteiger partial charge in [0, 0.05) is 5.69 Å². The Bertz CT molecular complexity index is 282. The monoisotopic (exact) mass is 208 g/mol. The van der Waals surface area contributed by atoms with E-state index in [4.69, 9.17) is 5.11 Å². The molecule has 1 heterocycles. The molecule has 0 bridgehead atoms.